The summed E-state index contributed by atoms with van der Waals surface area (Å²) in [5, 5.41) is 9.16. The van der Waals surface area contributed by atoms with E-state index in [0.717, 1.165) is 5.56 Å². The van der Waals surface area contributed by atoms with Crippen LogP contribution in [0.15, 0.2) is 41.3 Å². The van der Waals surface area contributed by atoms with Gasteiger partial charge in [0.15, 0.2) is 12.2 Å². The van der Waals surface area contributed by atoms with E-state index in [1.807, 2.05) is 0 Å². The Bertz CT molecular complexity index is 645. The molecule has 0 spiro atoms. The predicted octanol–water partition coefficient (Wildman–Crippen LogP) is 2.28. The Morgan fingerprint density at radius 1 is 1.24 bits per heavy atom. The maximum Gasteiger partial charge on any atom is 0.329 e. The van der Waals surface area contributed by atoms with Gasteiger partial charge in [0.25, 0.3) is 5.91 Å². The lowest BCUT2D eigenvalue weighted by molar-refractivity contribution is -0.147. The van der Waals surface area contributed by atoms with Gasteiger partial charge in [-0.25, -0.2) is 9.78 Å². The number of oxazole rings is 1. The van der Waals surface area contributed by atoms with Crippen molar-refractivity contribution in [2.24, 2.45) is 0 Å². The smallest absolute Gasteiger partial charge is 0.329 e. The highest BCUT2D eigenvalue weighted by Gasteiger charge is 2.35. The second kappa shape index (κ2) is 5.40. The van der Waals surface area contributed by atoms with Gasteiger partial charge in [-0.15, -0.1) is 0 Å². The minimum absolute atomic E-state index is 0.355. The molecule has 1 N–H and O–H groups in total. The van der Waals surface area contributed by atoms with E-state index in [1.54, 1.807) is 30.5 Å². The number of amides is 1. The highest BCUT2D eigenvalue weighted by molar-refractivity contribution is 5.97. The summed E-state index contributed by atoms with van der Waals surface area (Å²) in [5.41, 5.74) is -0.0694. The van der Waals surface area contributed by atoms with Crippen molar-refractivity contribution in [3.63, 3.8) is 0 Å². The molecule has 0 saturated carbocycles. The van der Waals surface area contributed by atoms with Crippen LogP contribution in [0.25, 0.3) is 11.3 Å². The molecule has 6 nitrogen and oxygen atoms in total. The molecule has 0 aliphatic carbocycles. The molecule has 6 heteroatoms. The minimum Gasteiger partial charge on any atom is -0.480 e. The average molecular weight is 288 g/mol. The Kier molecular flexibility index (Phi) is 3.80. The van der Waals surface area contributed by atoms with Crippen molar-refractivity contribution in [2.75, 3.05) is 7.05 Å². The Hall–Kier alpha value is -2.63. The third-order valence-corrected chi connectivity index (χ3v) is 3.52. The van der Waals surface area contributed by atoms with Crippen molar-refractivity contribution in [1.29, 1.82) is 0 Å². The molecule has 2 aromatic rings. The Morgan fingerprint density at radius 3 is 2.33 bits per heavy atom. The zero-order chi connectivity index (χ0) is 15.6. The largest absolute Gasteiger partial charge is 0.480 e. The van der Waals surface area contributed by atoms with Gasteiger partial charge in [0, 0.05) is 18.2 Å². The maximum absolute atomic E-state index is 12.3. The topological polar surface area (TPSA) is 83.6 Å². The van der Waals surface area contributed by atoms with Crippen molar-refractivity contribution in [2.45, 2.75) is 19.4 Å². The fourth-order valence-electron chi connectivity index (χ4n) is 1.73. The number of rotatable bonds is 4. The van der Waals surface area contributed by atoms with Gasteiger partial charge < -0.3 is 14.4 Å². The molecule has 0 aliphatic heterocycles. The number of likely N-dealkylation sites (N-methyl/N-ethyl adjacent to an activating group) is 1. The fourth-order valence-corrected chi connectivity index (χ4v) is 1.73. The van der Waals surface area contributed by atoms with Gasteiger partial charge in [-0.3, -0.25) is 4.79 Å². The number of carbonyl (C=O) groups excluding carboxylic acids is 1. The van der Waals surface area contributed by atoms with Gasteiger partial charge >= 0.3 is 5.97 Å². The van der Waals surface area contributed by atoms with Crippen LogP contribution in [-0.2, 0) is 4.79 Å². The van der Waals surface area contributed by atoms with Crippen molar-refractivity contribution in [1.82, 2.24) is 9.88 Å². The van der Waals surface area contributed by atoms with Crippen molar-refractivity contribution in [3.8, 4) is 11.3 Å². The van der Waals surface area contributed by atoms with Crippen LogP contribution >= 0.6 is 0 Å². The average Bonchev–Trinajstić information content (AvgIpc) is 3.00. The summed E-state index contributed by atoms with van der Waals surface area (Å²) in [7, 11) is 1.47. The second-order valence-electron chi connectivity index (χ2n) is 5.17. The number of carbonyl (C=O) groups is 2. The number of carboxylic acids is 1. The van der Waals surface area contributed by atoms with E-state index in [4.69, 9.17) is 9.52 Å². The molecule has 110 valence electrons. The summed E-state index contributed by atoms with van der Waals surface area (Å²) >= 11 is 0. The molecular formula is C15H16N2O4. The number of aromatic nitrogens is 1. The normalized spacial score (nSPS) is 11.2. The quantitative estimate of drug-likeness (QED) is 0.933. The lowest BCUT2D eigenvalue weighted by atomic mass is 10.0. The summed E-state index contributed by atoms with van der Waals surface area (Å²) in [5.74, 6) is -0.809. The summed E-state index contributed by atoms with van der Waals surface area (Å²) in [6, 6.07) is 6.73. The first-order valence-electron chi connectivity index (χ1n) is 6.34. The van der Waals surface area contributed by atoms with Crippen LogP contribution in [0.2, 0.25) is 0 Å². The second-order valence-corrected chi connectivity index (χ2v) is 5.17. The highest BCUT2D eigenvalue weighted by atomic mass is 16.4. The van der Waals surface area contributed by atoms with Gasteiger partial charge in [0.2, 0.25) is 0 Å². The highest BCUT2D eigenvalue weighted by Crippen LogP contribution is 2.21. The molecule has 0 radical (unpaired) electrons. The van der Waals surface area contributed by atoms with Gasteiger partial charge in [-0.05, 0) is 26.0 Å². The Labute approximate surface area is 122 Å². The van der Waals surface area contributed by atoms with E-state index in [-0.39, 0.29) is 5.91 Å². The van der Waals surface area contributed by atoms with Crippen LogP contribution in [0.3, 0.4) is 0 Å². The number of aliphatic carboxylic acids is 1. The predicted molar refractivity (Wildman–Crippen MR) is 75.7 cm³/mol. The molecule has 0 fully saturated rings. The van der Waals surface area contributed by atoms with Gasteiger partial charge in [-0.2, -0.15) is 0 Å². The summed E-state index contributed by atoms with van der Waals surface area (Å²) in [4.78, 5) is 28.6. The molecule has 0 atom stereocenters. The number of benzene rings is 1. The van der Waals surface area contributed by atoms with E-state index < -0.39 is 11.5 Å². The molecule has 1 heterocycles. The van der Waals surface area contributed by atoms with E-state index >= 15 is 0 Å². The molecule has 0 unspecified atom stereocenters. The number of hydrogen-bond donors (Lipinski definition) is 1. The first-order chi connectivity index (χ1) is 9.84. The summed E-state index contributed by atoms with van der Waals surface area (Å²) in [6.07, 6.45) is 2.91. The molecule has 0 aliphatic rings. The molecule has 0 bridgehead atoms. The Balaban J connectivity index is 2.23. The molecular weight excluding hydrogens is 272 g/mol. The van der Waals surface area contributed by atoms with E-state index in [1.165, 1.54) is 32.2 Å². The van der Waals surface area contributed by atoms with Crippen molar-refractivity contribution in [3.05, 3.63) is 42.4 Å². The molecule has 21 heavy (non-hydrogen) atoms. The lowest BCUT2D eigenvalue weighted by Crippen LogP contribution is -2.50. The Morgan fingerprint density at radius 2 is 1.86 bits per heavy atom. The molecule has 0 saturated heterocycles. The molecule has 1 amide bonds. The first-order valence-corrected chi connectivity index (χ1v) is 6.34. The third-order valence-electron chi connectivity index (χ3n) is 3.52. The van der Waals surface area contributed by atoms with E-state index in [2.05, 4.69) is 4.98 Å². The maximum atomic E-state index is 12.3. The van der Waals surface area contributed by atoms with Crippen LogP contribution in [0.5, 0.6) is 0 Å². The monoisotopic (exact) mass is 288 g/mol. The fraction of sp³-hybridized carbons (Fsp3) is 0.267. The van der Waals surface area contributed by atoms with Gasteiger partial charge in [0.05, 0.1) is 6.20 Å². The number of hydrogen-bond acceptors (Lipinski definition) is 4. The molecule has 1 aromatic heterocycles. The van der Waals surface area contributed by atoms with Crippen molar-refractivity contribution < 1.29 is 19.1 Å². The van der Waals surface area contributed by atoms with E-state index in [0.29, 0.717) is 11.3 Å². The summed E-state index contributed by atoms with van der Waals surface area (Å²) in [6.45, 7) is 2.96. The zero-order valence-corrected chi connectivity index (χ0v) is 12.0. The van der Waals surface area contributed by atoms with Crippen LogP contribution in [0, 0.1) is 0 Å². The summed E-state index contributed by atoms with van der Waals surface area (Å²) < 4.78 is 5.17. The first kappa shape index (κ1) is 14.8. The van der Waals surface area contributed by atoms with Crippen LogP contribution in [0.4, 0.5) is 0 Å². The van der Waals surface area contributed by atoms with Crippen LogP contribution < -0.4 is 0 Å². The SMILES string of the molecule is CN(C(=O)c1ccc(-c2cnco2)cc1)C(C)(C)C(=O)O. The third kappa shape index (κ3) is 2.79. The minimum atomic E-state index is -1.28. The lowest BCUT2D eigenvalue weighted by Gasteiger charge is -2.31. The van der Waals surface area contributed by atoms with E-state index in [9.17, 15) is 9.59 Å². The zero-order valence-electron chi connectivity index (χ0n) is 12.0. The molecule has 2 rings (SSSR count). The van der Waals surface area contributed by atoms with Gasteiger partial charge in [0.1, 0.15) is 5.54 Å². The van der Waals surface area contributed by atoms with Crippen molar-refractivity contribution >= 4 is 11.9 Å². The van der Waals surface area contributed by atoms with Gasteiger partial charge in [-0.1, -0.05) is 12.1 Å². The van der Waals surface area contributed by atoms with Crippen LogP contribution in [0.1, 0.15) is 24.2 Å². The molecule has 1 aromatic carbocycles. The standard InChI is InChI=1S/C15H16N2O4/c1-15(2,14(19)20)17(3)13(18)11-6-4-10(5-7-11)12-8-16-9-21-12/h4-9H,1-3H3,(H,19,20). The number of carboxylic acid groups (broad SMARTS) is 1. The number of nitrogens with zero attached hydrogens (tertiary/aromatic N) is 2. The van der Waals surface area contributed by atoms with Crippen LogP contribution in [-0.4, -0.2) is 39.5 Å².